The summed E-state index contributed by atoms with van der Waals surface area (Å²) in [6.07, 6.45) is 2.45. The number of rotatable bonds is 5. The van der Waals surface area contributed by atoms with E-state index >= 15 is 0 Å². The number of ether oxygens (including phenoxy) is 1. The molecule has 1 nitrogen and oxygen atoms in total. The molecule has 2 unspecified atom stereocenters. The van der Waals surface area contributed by atoms with Crippen molar-refractivity contribution >= 4 is 0 Å². The Morgan fingerprint density at radius 1 is 1.11 bits per heavy atom. The monoisotopic (exact) mass is 248 g/mol. The molecule has 102 valence electrons. The zero-order valence-corrected chi connectivity index (χ0v) is 12.8. The zero-order valence-electron chi connectivity index (χ0n) is 12.8. The van der Waals surface area contributed by atoms with Crippen LogP contribution in [0.4, 0.5) is 0 Å². The van der Waals surface area contributed by atoms with Gasteiger partial charge in [0.1, 0.15) is 0 Å². The van der Waals surface area contributed by atoms with E-state index in [-0.39, 0.29) is 11.5 Å². The quantitative estimate of drug-likeness (QED) is 0.727. The minimum atomic E-state index is 0.185. The molecule has 1 rings (SSSR count). The number of hydrogen-bond acceptors (Lipinski definition) is 1. The molecule has 0 aliphatic rings. The van der Waals surface area contributed by atoms with Crippen molar-refractivity contribution in [1.29, 1.82) is 0 Å². The summed E-state index contributed by atoms with van der Waals surface area (Å²) in [6, 6.07) is 9.02. The normalized spacial score (nSPS) is 15.4. The molecule has 0 amide bonds. The molecule has 1 heteroatoms. The Morgan fingerprint density at radius 3 is 2.06 bits per heavy atom. The van der Waals surface area contributed by atoms with Crippen LogP contribution in [0.25, 0.3) is 0 Å². The number of methoxy groups -OCH3 is 1. The lowest BCUT2D eigenvalue weighted by Gasteiger charge is -2.29. The lowest BCUT2D eigenvalue weighted by molar-refractivity contribution is 0.0173. The highest BCUT2D eigenvalue weighted by Gasteiger charge is 2.24. The Balaban J connectivity index is 2.74. The maximum Gasteiger partial charge on any atom is 0.0659 e. The minimum Gasteiger partial charge on any atom is -0.381 e. The van der Waals surface area contributed by atoms with Gasteiger partial charge in [0.15, 0.2) is 0 Å². The van der Waals surface area contributed by atoms with Gasteiger partial charge in [0.2, 0.25) is 0 Å². The first-order chi connectivity index (χ1) is 8.38. The molecule has 0 aliphatic heterocycles. The first kappa shape index (κ1) is 15.2. The lowest BCUT2D eigenvalue weighted by atomic mass is 9.85. The van der Waals surface area contributed by atoms with E-state index in [1.165, 1.54) is 17.5 Å². The van der Waals surface area contributed by atoms with E-state index < -0.39 is 0 Å². The van der Waals surface area contributed by atoms with Gasteiger partial charge in [-0.3, -0.25) is 0 Å². The predicted molar refractivity (Wildman–Crippen MR) is 79.1 cm³/mol. The molecule has 18 heavy (non-hydrogen) atoms. The third kappa shape index (κ3) is 4.13. The van der Waals surface area contributed by atoms with Gasteiger partial charge in [0.05, 0.1) is 6.10 Å². The highest BCUT2D eigenvalue weighted by atomic mass is 16.5. The van der Waals surface area contributed by atoms with Crippen LogP contribution in [0.15, 0.2) is 24.3 Å². The number of hydrogen-bond donors (Lipinski definition) is 0. The van der Waals surface area contributed by atoms with Crippen LogP contribution in [0.2, 0.25) is 0 Å². The van der Waals surface area contributed by atoms with Crippen LogP contribution in [-0.2, 0) is 11.2 Å². The molecule has 0 saturated carbocycles. The molecule has 0 N–H and O–H groups in total. The SMILES string of the molecule is CCC(C)c1ccc(CC(OC)C(C)(C)C)cc1. The molecule has 0 saturated heterocycles. The first-order valence-electron chi connectivity index (χ1n) is 7.00. The largest absolute Gasteiger partial charge is 0.381 e. The maximum absolute atomic E-state index is 5.62. The molecule has 2 atom stereocenters. The second-order valence-corrected chi connectivity index (χ2v) is 6.35. The Morgan fingerprint density at radius 2 is 1.67 bits per heavy atom. The van der Waals surface area contributed by atoms with E-state index in [0.717, 1.165) is 6.42 Å². The molecule has 0 bridgehead atoms. The van der Waals surface area contributed by atoms with Gasteiger partial charge in [0.25, 0.3) is 0 Å². The van der Waals surface area contributed by atoms with Crippen LogP contribution in [-0.4, -0.2) is 13.2 Å². The van der Waals surface area contributed by atoms with Gasteiger partial charge in [-0.25, -0.2) is 0 Å². The van der Waals surface area contributed by atoms with Gasteiger partial charge in [0, 0.05) is 7.11 Å². The number of benzene rings is 1. The smallest absolute Gasteiger partial charge is 0.0659 e. The maximum atomic E-state index is 5.62. The molecule has 0 spiro atoms. The van der Waals surface area contributed by atoms with Gasteiger partial charge in [-0.05, 0) is 35.3 Å². The van der Waals surface area contributed by atoms with Crippen LogP contribution >= 0.6 is 0 Å². The molecule has 0 aliphatic carbocycles. The van der Waals surface area contributed by atoms with E-state index in [2.05, 4.69) is 58.9 Å². The summed E-state index contributed by atoms with van der Waals surface area (Å²) in [5.74, 6) is 0.653. The van der Waals surface area contributed by atoms with Crippen LogP contribution in [0.5, 0.6) is 0 Å². The molecule has 0 heterocycles. The highest BCUT2D eigenvalue weighted by Crippen LogP contribution is 2.26. The fourth-order valence-corrected chi connectivity index (χ4v) is 2.18. The van der Waals surface area contributed by atoms with Crippen molar-refractivity contribution in [2.75, 3.05) is 7.11 Å². The lowest BCUT2D eigenvalue weighted by Crippen LogP contribution is -2.30. The predicted octanol–water partition coefficient (Wildman–Crippen LogP) is 4.80. The average molecular weight is 248 g/mol. The highest BCUT2D eigenvalue weighted by molar-refractivity contribution is 5.25. The van der Waals surface area contributed by atoms with Gasteiger partial charge in [-0.15, -0.1) is 0 Å². The average Bonchev–Trinajstić information content (AvgIpc) is 2.34. The summed E-state index contributed by atoms with van der Waals surface area (Å²) in [4.78, 5) is 0. The van der Waals surface area contributed by atoms with Crippen LogP contribution in [0.3, 0.4) is 0 Å². The Bertz CT molecular complexity index is 345. The van der Waals surface area contributed by atoms with Gasteiger partial charge in [-0.1, -0.05) is 58.9 Å². The standard InChI is InChI=1S/C17H28O/c1-7-13(2)15-10-8-14(9-11-15)12-16(18-6)17(3,4)5/h8-11,13,16H,7,12H2,1-6H3. The topological polar surface area (TPSA) is 9.23 Å². The minimum absolute atomic E-state index is 0.185. The van der Waals surface area contributed by atoms with Crippen LogP contribution in [0, 0.1) is 5.41 Å². The van der Waals surface area contributed by atoms with E-state index in [0.29, 0.717) is 5.92 Å². The van der Waals surface area contributed by atoms with Crippen molar-refractivity contribution in [2.45, 2.75) is 59.5 Å². The van der Waals surface area contributed by atoms with Crippen molar-refractivity contribution in [3.63, 3.8) is 0 Å². The first-order valence-corrected chi connectivity index (χ1v) is 7.00. The Hall–Kier alpha value is -0.820. The second kappa shape index (κ2) is 6.38. The van der Waals surface area contributed by atoms with Crippen molar-refractivity contribution in [1.82, 2.24) is 0 Å². The summed E-state index contributed by atoms with van der Waals surface area (Å²) in [5.41, 5.74) is 2.99. The molecule has 1 aromatic rings. The summed E-state index contributed by atoms with van der Waals surface area (Å²) >= 11 is 0. The molecule has 0 aromatic heterocycles. The molecule has 0 fully saturated rings. The summed E-state index contributed by atoms with van der Waals surface area (Å²) in [6.45, 7) is 11.2. The van der Waals surface area contributed by atoms with Crippen molar-refractivity contribution < 1.29 is 4.74 Å². The Kier molecular flexibility index (Phi) is 5.40. The van der Waals surface area contributed by atoms with Crippen molar-refractivity contribution in [3.05, 3.63) is 35.4 Å². The third-order valence-electron chi connectivity index (χ3n) is 3.83. The van der Waals surface area contributed by atoms with Gasteiger partial charge in [-0.2, -0.15) is 0 Å². The summed E-state index contributed by atoms with van der Waals surface area (Å²) in [7, 11) is 1.81. The van der Waals surface area contributed by atoms with Crippen molar-refractivity contribution in [3.8, 4) is 0 Å². The zero-order chi connectivity index (χ0) is 13.8. The fourth-order valence-electron chi connectivity index (χ4n) is 2.18. The third-order valence-corrected chi connectivity index (χ3v) is 3.83. The molecular weight excluding hydrogens is 220 g/mol. The molecular formula is C17H28O. The van der Waals surface area contributed by atoms with E-state index in [4.69, 9.17) is 4.74 Å². The van der Waals surface area contributed by atoms with Gasteiger partial charge < -0.3 is 4.74 Å². The van der Waals surface area contributed by atoms with E-state index in [1.807, 2.05) is 7.11 Å². The van der Waals surface area contributed by atoms with Crippen LogP contribution < -0.4 is 0 Å². The summed E-state index contributed by atoms with van der Waals surface area (Å²) < 4.78 is 5.62. The Labute approximate surface area is 113 Å². The van der Waals surface area contributed by atoms with E-state index in [9.17, 15) is 0 Å². The van der Waals surface area contributed by atoms with Crippen molar-refractivity contribution in [2.24, 2.45) is 5.41 Å². The molecule has 1 aromatic carbocycles. The fraction of sp³-hybridized carbons (Fsp3) is 0.647. The molecule has 0 radical (unpaired) electrons. The van der Waals surface area contributed by atoms with Crippen LogP contribution in [0.1, 0.15) is 58.1 Å². The van der Waals surface area contributed by atoms with Gasteiger partial charge >= 0.3 is 0 Å². The second-order valence-electron chi connectivity index (χ2n) is 6.35. The summed E-state index contributed by atoms with van der Waals surface area (Å²) in [5, 5.41) is 0. The van der Waals surface area contributed by atoms with E-state index in [1.54, 1.807) is 0 Å².